The molecular formula is C23H29NO4. The van der Waals surface area contributed by atoms with E-state index in [0.717, 1.165) is 49.0 Å². The molecular weight excluding hydrogens is 354 g/mol. The molecule has 150 valence electrons. The van der Waals surface area contributed by atoms with Crippen molar-refractivity contribution in [1.82, 2.24) is 4.90 Å². The highest BCUT2D eigenvalue weighted by molar-refractivity contribution is 5.98. The first-order valence-corrected chi connectivity index (χ1v) is 10.0. The fourth-order valence-electron chi connectivity index (χ4n) is 3.56. The zero-order valence-electron chi connectivity index (χ0n) is 16.7. The maximum Gasteiger partial charge on any atom is 0.254 e. The highest BCUT2D eigenvalue weighted by atomic mass is 16.5. The Bertz CT molecular complexity index is 801. The molecule has 0 radical (unpaired) electrons. The summed E-state index contributed by atoms with van der Waals surface area (Å²) in [4.78, 5) is 14.9. The Balaban J connectivity index is 1.71. The van der Waals surface area contributed by atoms with E-state index in [1.165, 1.54) is 0 Å². The third kappa shape index (κ3) is 4.58. The largest absolute Gasteiger partial charge is 0.508 e. The minimum absolute atomic E-state index is 0.0427. The summed E-state index contributed by atoms with van der Waals surface area (Å²) < 4.78 is 11.5. The standard InChI is InChI=1S/C23H29NO4/c1-3-4-5-16-28-22-19-13-15-24(14-12-17-6-8-18(25)9-7-17)23(26)20(19)10-11-21(22)27-2/h6-11,25H,3-5,12-16H2,1-2H3. The lowest BCUT2D eigenvalue weighted by molar-refractivity contribution is 0.0739. The van der Waals surface area contributed by atoms with Crippen molar-refractivity contribution >= 4 is 5.91 Å². The number of benzene rings is 2. The van der Waals surface area contributed by atoms with Crippen LogP contribution >= 0.6 is 0 Å². The number of ether oxygens (including phenoxy) is 2. The minimum Gasteiger partial charge on any atom is -0.508 e. The first kappa shape index (κ1) is 20.1. The molecule has 1 heterocycles. The molecule has 5 nitrogen and oxygen atoms in total. The molecule has 0 atom stereocenters. The van der Waals surface area contributed by atoms with Gasteiger partial charge in [-0.15, -0.1) is 0 Å². The van der Waals surface area contributed by atoms with Gasteiger partial charge in [0.05, 0.1) is 13.7 Å². The van der Waals surface area contributed by atoms with E-state index in [0.29, 0.717) is 31.0 Å². The third-order valence-corrected chi connectivity index (χ3v) is 5.19. The van der Waals surface area contributed by atoms with E-state index in [1.54, 1.807) is 19.2 Å². The average Bonchev–Trinajstić information content (AvgIpc) is 2.72. The number of nitrogens with zero attached hydrogens (tertiary/aromatic N) is 1. The van der Waals surface area contributed by atoms with Gasteiger partial charge in [0.1, 0.15) is 5.75 Å². The van der Waals surface area contributed by atoms with Gasteiger partial charge in [-0.1, -0.05) is 31.9 Å². The highest BCUT2D eigenvalue weighted by Crippen LogP contribution is 2.36. The van der Waals surface area contributed by atoms with Crippen LogP contribution in [0.5, 0.6) is 17.2 Å². The number of carbonyl (C=O) groups excluding carboxylic acids is 1. The predicted octanol–water partition coefficient (Wildman–Crippen LogP) is 4.21. The van der Waals surface area contributed by atoms with Crippen LogP contribution in [0.25, 0.3) is 0 Å². The number of unbranched alkanes of at least 4 members (excludes halogenated alkanes) is 2. The fourth-order valence-corrected chi connectivity index (χ4v) is 3.56. The summed E-state index contributed by atoms with van der Waals surface area (Å²) in [5.41, 5.74) is 2.77. The van der Waals surface area contributed by atoms with Crippen molar-refractivity contribution < 1.29 is 19.4 Å². The summed E-state index contributed by atoms with van der Waals surface area (Å²) in [7, 11) is 1.63. The molecule has 0 fully saturated rings. The summed E-state index contributed by atoms with van der Waals surface area (Å²) in [5, 5.41) is 9.40. The number of methoxy groups -OCH3 is 1. The summed E-state index contributed by atoms with van der Waals surface area (Å²) in [6, 6.07) is 10.8. The lowest BCUT2D eigenvalue weighted by Crippen LogP contribution is -2.39. The monoisotopic (exact) mass is 383 g/mol. The first-order valence-electron chi connectivity index (χ1n) is 10.0. The molecule has 0 aliphatic carbocycles. The Kier molecular flexibility index (Phi) is 6.80. The van der Waals surface area contributed by atoms with Crippen molar-refractivity contribution in [2.75, 3.05) is 26.8 Å². The third-order valence-electron chi connectivity index (χ3n) is 5.19. The summed E-state index contributed by atoms with van der Waals surface area (Å²) in [5.74, 6) is 1.72. The van der Waals surface area contributed by atoms with E-state index in [9.17, 15) is 9.90 Å². The SMILES string of the molecule is CCCCCOc1c(OC)ccc2c1CCN(CCc1ccc(O)cc1)C2=O. The molecule has 0 spiro atoms. The van der Waals surface area contributed by atoms with Crippen LogP contribution < -0.4 is 9.47 Å². The molecule has 1 aliphatic heterocycles. The number of phenols is 1. The summed E-state index contributed by atoms with van der Waals surface area (Å²) in [6.07, 6.45) is 4.79. The molecule has 0 bridgehead atoms. The van der Waals surface area contributed by atoms with Crippen LogP contribution in [0.2, 0.25) is 0 Å². The van der Waals surface area contributed by atoms with Crippen LogP contribution in [0.3, 0.4) is 0 Å². The van der Waals surface area contributed by atoms with Gasteiger partial charge in [-0.05, 0) is 49.1 Å². The van der Waals surface area contributed by atoms with Crippen molar-refractivity contribution in [1.29, 1.82) is 0 Å². The summed E-state index contributed by atoms with van der Waals surface area (Å²) in [6.45, 7) is 4.12. The van der Waals surface area contributed by atoms with E-state index in [-0.39, 0.29) is 11.7 Å². The van der Waals surface area contributed by atoms with Gasteiger partial charge < -0.3 is 19.5 Å². The molecule has 0 aromatic heterocycles. The normalized spacial score (nSPS) is 13.4. The van der Waals surface area contributed by atoms with E-state index >= 15 is 0 Å². The number of phenolic OH excluding ortho intramolecular Hbond substituents is 1. The first-order chi connectivity index (χ1) is 13.6. The number of fused-ring (bicyclic) bond motifs is 1. The quantitative estimate of drug-likeness (QED) is 0.659. The Morgan fingerprint density at radius 3 is 2.61 bits per heavy atom. The van der Waals surface area contributed by atoms with Crippen molar-refractivity contribution in [2.24, 2.45) is 0 Å². The maximum absolute atomic E-state index is 13.0. The van der Waals surface area contributed by atoms with Crippen LogP contribution in [0.1, 0.15) is 47.7 Å². The van der Waals surface area contributed by atoms with Crippen LogP contribution in [0.15, 0.2) is 36.4 Å². The molecule has 2 aromatic rings. The van der Waals surface area contributed by atoms with Gasteiger partial charge in [-0.3, -0.25) is 4.79 Å². The maximum atomic E-state index is 13.0. The van der Waals surface area contributed by atoms with E-state index in [1.807, 2.05) is 29.2 Å². The Hall–Kier alpha value is -2.69. The fraction of sp³-hybridized carbons (Fsp3) is 0.435. The van der Waals surface area contributed by atoms with Crippen LogP contribution in [0, 0.1) is 0 Å². The molecule has 5 heteroatoms. The van der Waals surface area contributed by atoms with Gasteiger partial charge >= 0.3 is 0 Å². The van der Waals surface area contributed by atoms with Crippen LogP contribution in [0.4, 0.5) is 0 Å². The second kappa shape index (κ2) is 9.49. The van der Waals surface area contributed by atoms with Crippen LogP contribution in [-0.4, -0.2) is 42.7 Å². The van der Waals surface area contributed by atoms with Crippen molar-refractivity contribution in [3.8, 4) is 17.2 Å². The number of carbonyl (C=O) groups is 1. The van der Waals surface area contributed by atoms with E-state index in [2.05, 4.69) is 6.92 Å². The molecule has 0 saturated heterocycles. The number of aromatic hydroxyl groups is 1. The molecule has 1 aliphatic rings. The zero-order chi connectivity index (χ0) is 19.9. The van der Waals surface area contributed by atoms with Gasteiger partial charge in [0, 0.05) is 24.2 Å². The Morgan fingerprint density at radius 2 is 1.89 bits per heavy atom. The van der Waals surface area contributed by atoms with Crippen LogP contribution in [-0.2, 0) is 12.8 Å². The molecule has 3 rings (SSSR count). The zero-order valence-corrected chi connectivity index (χ0v) is 16.7. The second-order valence-electron chi connectivity index (χ2n) is 7.14. The summed E-state index contributed by atoms with van der Waals surface area (Å²) >= 11 is 0. The molecule has 0 saturated carbocycles. The lowest BCUT2D eigenvalue weighted by Gasteiger charge is -2.30. The smallest absolute Gasteiger partial charge is 0.254 e. The number of amides is 1. The highest BCUT2D eigenvalue weighted by Gasteiger charge is 2.28. The van der Waals surface area contributed by atoms with Gasteiger partial charge in [-0.25, -0.2) is 0 Å². The van der Waals surface area contributed by atoms with Crippen molar-refractivity contribution in [2.45, 2.75) is 39.0 Å². The van der Waals surface area contributed by atoms with Gasteiger partial charge in [0.2, 0.25) is 0 Å². The van der Waals surface area contributed by atoms with E-state index < -0.39 is 0 Å². The molecule has 2 aromatic carbocycles. The topological polar surface area (TPSA) is 59.0 Å². The molecule has 1 amide bonds. The van der Waals surface area contributed by atoms with Gasteiger partial charge in [0.15, 0.2) is 11.5 Å². The number of rotatable bonds is 9. The second-order valence-corrected chi connectivity index (χ2v) is 7.14. The van der Waals surface area contributed by atoms with Crippen molar-refractivity contribution in [3.05, 3.63) is 53.1 Å². The minimum atomic E-state index is 0.0427. The molecule has 0 unspecified atom stereocenters. The molecule has 28 heavy (non-hydrogen) atoms. The van der Waals surface area contributed by atoms with E-state index in [4.69, 9.17) is 9.47 Å². The number of hydrogen-bond donors (Lipinski definition) is 1. The van der Waals surface area contributed by atoms with Gasteiger partial charge in [-0.2, -0.15) is 0 Å². The predicted molar refractivity (Wildman–Crippen MR) is 109 cm³/mol. The van der Waals surface area contributed by atoms with Crippen molar-refractivity contribution in [3.63, 3.8) is 0 Å². The van der Waals surface area contributed by atoms with Gasteiger partial charge in [0.25, 0.3) is 5.91 Å². The Morgan fingerprint density at radius 1 is 1.11 bits per heavy atom. The lowest BCUT2D eigenvalue weighted by atomic mass is 9.96. The number of hydrogen-bond acceptors (Lipinski definition) is 4. The average molecular weight is 383 g/mol. The molecule has 1 N–H and O–H groups in total. The Labute approximate surface area is 166 Å².